The summed E-state index contributed by atoms with van der Waals surface area (Å²) in [5.74, 6) is 1.11. The fourth-order valence-electron chi connectivity index (χ4n) is 3.30. The molecule has 2 unspecified atom stereocenters. The van der Waals surface area contributed by atoms with Crippen molar-refractivity contribution in [3.05, 3.63) is 11.8 Å². The highest BCUT2D eigenvalue weighted by molar-refractivity contribution is 5.89. The molecule has 2 aliphatic heterocycles. The van der Waals surface area contributed by atoms with E-state index in [9.17, 15) is 4.79 Å². The van der Waals surface area contributed by atoms with Crippen LogP contribution in [0.4, 0.5) is 5.82 Å². The quantitative estimate of drug-likeness (QED) is 0.781. The van der Waals surface area contributed by atoms with Crippen molar-refractivity contribution in [2.75, 3.05) is 38.2 Å². The molecule has 3 heterocycles. The van der Waals surface area contributed by atoms with Gasteiger partial charge in [0.15, 0.2) is 5.82 Å². The number of nitrogens with zero attached hydrogens (tertiary/aromatic N) is 2. The Morgan fingerprint density at radius 2 is 1.92 bits per heavy atom. The fourth-order valence-corrected chi connectivity index (χ4v) is 3.30. The van der Waals surface area contributed by atoms with Gasteiger partial charge in [-0.3, -0.25) is 9.69 Å². The van der Waals surface area contributed by atoms with Crippen LogP contribution in [0.25, 0.3) is 0 Å². The van der Waals surface area contributed by atoms with Gasteiger partial charge in [0.1, 0.15) is 5.76 Å². The number of nitrogens with one attached hydrogen (secondary N) is 1. The van der Waals surface area contributed by atoms with Crippen molar-refractivity contribution in [1.29, 1.82) is 0 Å². The first-order valence-corrected chi connectivity index (χ1v) is 8.88. The average Bonchev–Trinajstić information content (AvgIpc) is 3.29. The Hall–Kier alpha value is -1.44. The van der Waals surface area contributed by atoms with Gasteiger partial charge in [0, 0.05) is 45.3 Å². The van der Waals surface area contributed by atoms with E-state index in [0.717, 1.165) is 52.0 Å². The number of ether oxygens (including phenoxy) is 2. The van der Waals surface area contributed by atoms with E-state index in [2.05, 4.69) is 15.4 Å². The summed E-state index contributed by atoms with van der Waals surface area (Å²) in [7, 11) is 0. The lowest BCUT2D eigenvalue weighted by Crippen LogP contribution is -2.39. The molecule has 1 aromatic rings. The zero-order valence-electron chi connectivity index (χ0n) is 14.3. The molecule has 2 atom stereocenters. The van der Waals surface area contributed by atoms with Crippen LogP contribution in [0.2, 0.25) is 0 Å². The average molecular weight is 337 g/mol. The first kappa shape index (κ1) is 17.4. The topological polar surface area (TPSA) is 76.8 Å². The Bertz CT molecular complexity index is 504. The van der Waals surface area contributed by atoms with Gasteiger partial charge in [-0.05, 0) is 32.6 Å². The van der Waals surface area contributed by atoms with E-state index in [0.29, 0.717) is 24.5 Å². The molecule has 0 spiro atoms. The van der Waals surface area contributed by atoms with Crippen LogP contribution in [0, 0.1) is 6.92 Å². The van der Waals surface area contributed by atoms with Crippen molar-refractivity contribution in [2.24, 2.45) is 0 Å². The number of rotatable bonds is 8. The van der Waals surface area contributed by atoms with Crippen LogP contribution < -0.4 is 5.32 Å². The van der Waals surface area contributed by atoms with E-state index in [4.69, 9.17) is 14.0 Å². The molecule has 134 valence electrons. The summed E-state index contributed by atoms with van der Waals surface area (Å²) in [6.45, 7) is 5.94. The second-order valence-electron chi connectivity index (χ2n) is 6.65. The van der Waals surface area contributed by atoms with Crippen molar-refractivity contribution in [3.63, 3.8) is 0 Å². The lowest BCUT2D eigenvalue weighted by Gasteiger charge is -2.27. The predicted octanol–water partition coefficient (Wildman–Crippen LogP) is 1.97. The van der Waals surface area contributed by atoms with E-state index in [1.54, 1.807) is 13.0 Å². The molecule has 0 aromatic carbocycles. The molecule has 0 aliphatic carbocycles. The molecule has 0 saturated carbocycles. The van der Waals surface area contributed by atoms with Crippen LogP contribution in [-0.4, -0.2) is 61.0 Å². The van der Waals surface area contributed by atoms with E-state index in [1.165, 1.54) is 0 Å². The number of amides is 1. The van der Waals surface area contributed by atoms with E-state index in [-0.39, 0.29) is 18.1 Å². The number of carbonyl (C=O) groups is 1. The maximum atomic E-state index is 12.1. The molecule has 3 rings (SSSR count). The Morgan fingerprint density at radius 3 is 2.42 bits per heavy atom. The molecule has 1 N–H and O–H groups in total. The highest BCUT2D eigenvalue weighted by atomic mass is 16.5. The van der Waals surface area contributed by atoms with Crippen LogP contribution in [0.1, 0.15) is 37.9 Å². The maximum absolute atomic E-state index is 12.1. The molecule has 7 heteroatoms. The SMILES string of the molecule is Cc1cc(NC(=O)CCN(CC2CCCO2)CC2CCCO2)no1. The normalized spacial score (nSPS) is 23.9. The second kappa shape index (κ2) is 8.60. The van der Waals surface area contributed by atoms with Crippen LogP contribution in [-0.2, 0) is 14.3 Å². The van der Waals surface area contributed by atoms with Crippen molar-refractivity contribution in [2.45, 2.75) is 51.2 Å². The van der Waals surface area contributed by atoms with Crippen LogP contribution in [0.3, 0.4) is 0 Å². The third-order valence-corrected chi connectivity index (χ3v) is 4.52. The Kier molecular flexibility index (Phi) is 6.23. The number of carbonyl (C=O) groups excluding carboxylic acids is 1. The maximum Gasteiger partial charge on any atom is 0.226 e. The monoisotopic (exact) mass is 337 g/mol. The minimum Gasteiger partial charge on any atom is -0.377 e. The minimum atomic E-state index is -0.0482. The lowest BCUT2D eigenvalue weighted by atomic mass is 10.2. The molecule has 1 aromatic heterocycles. The van der Waals surface area contributed by atoms with Crippen LogP contribution >= 0.6 is 0 Å². The van der Waals surface area contributed by atoms with Gasteiger partial charge in [-0.2, -0.15) is 0 Å². The van der Waals surface area contributed by atoms with Gasteiger partial charge in [-0.25, -0.2) is 0 Å². The Labute approximate surface area is 142 Å². The molecular weight excluding hydrogens is 310 g/mol. The summed E-state index contributed by atoms with van der Waals surface area (Å²) in [5.41, 5.74) is 0. The number of aromatic nitrogens is 1. The molecule has 2 saturated heterocycles. The third kappa shape index (κ3) is 5.29. The van der Waals surface area contributed by atoms with Gasteiger partial charge in [0.2, 0.25) is 5.91 Å². The minimum absolute atomic E-state index is 0.0482. The summed E-state index contributed by atoms with van der Waals surface area (Å²) in [6.07, 6.45) is 5.46. The zero-order valence-corrected chi connectivity index (χ0v) is 14.3. The number of anilines is 1. The standard InChI is InChI=1S/C17H27N3O4/c1-13-10-16(19-24-13)18-17(21)6-7-20(11-14-4-2-8-22-14)12-15-5-3-9-23-15/h10,14-15H,2-9,11-12H2,1H3,(H,18,19,21). The van der Waals surface area contributed by atoms with E-state index in [1.807, 2.05) is 0 Å². The van der Waals surface area contributed by atoms with Gasteiger partial charge >= 0.3 is 0 Å². The van der Waals surface area contributed by atoms with Crippen LogP contribution in [0.15, 0.2) is 10.6 Å². The van der Waals surface area contributed by atoms with Gasteiger partial charge in [0.05, 0.1) is 12.2 Å². The summed E-state index contributed by atoms with van der Waals surface area (Å²) in [6, 6.07) is 1.72. The molecule has 0 radical (unpaired) electrons. The Morgan fingerprint density at radius 1 is 1.25 bits per heavy atom. The van der Waals surface area contributed by atoms with Crippen molar-refractivity contribution >= 4 is 11.7 Å². The zero-order chi connectivity index (χ0) is 16.8. The summed E-state index contributed by atoms with van der Waals surface area (Å²) in [4.78, 5) is 14.4. The molecule has 2 aliphatic rings. The third-order valence-electron chi connectivity index (χ3n) is 4.52. The number of hydrogen-bond acceptors (Lipinski definition) is 6. The molecule has 7 nitrogen and oxygen atoms in total. The smallest absolute Gasteiger partial charge is 0.226 e. The summed E-state index contributed by atoms with van der Waals surface area (Å²) in [5, 5.41) is 6.56. The number of aryl methyl sites for hydroxylation is 1. The van der Waals surface area contributed by atoms with Crippen LogP contribution in [0.5, 0.6) is 0 Å². The van der Waals surface area contributed by atoms with E-state index < -0.39 is 0 Å². The lowest BCUT2D eigenvalue weighted by molar-refractivity contribution is -0.116. The summed E-state index contributed by atoms with van der Waals surface area (Å²) >= 11 is 0. The van der Waals surface area contributed by atoms with Gasteiger partial charge in [-0.1, -0.05) is 5.16 Å². The van der Waals surface area contributed by atoms with E-state index >= 15 is 0 Å². The van der Waals surface area contributed by atoms with Gasteiger partial charge in [0.25, 0.3) is 0 Å². The summed E-state index contributed by atoms with van der Waals surface area (Å²) < 4.78 is 16.5. The largest absolute Gasteiger partial charge is 0.377 e. The predicted molar refractivity (Wildman–Crippen MR) is 88.9 cm³/mol. The second-order valence-corrected chi connectivity index (χ2v) is 6.65. The molecular formula is C17H27N3O4. The molecule has 2 fully saturated rings. The van der Waals surface area contributed by atoms with Crippen molar-refractivity contribution < 1.29 is 18.8 Å². The van der Waals surface area contributed by atoms with Crippen molar-refractivity contribution in [1.82, 2.24) is 10.1 Å². The number of hydrogen-bond donors (Lipinski definition) is 1. The molecule has 0 bridgehead atoms. The first-order valence-electron chi connectivity index (χ1n) is 8.88. The van der Waals surface area contributed by atoms with Gasteiger partial charge in [-0.15, -0.1) is 0 Å². The van der Waals surface area contributed by atoms with Crippen molar-refractivity contribution in [3.8, 4) is 0 Å². The fraction of sp³-hybridized carbons (Fsp3) is 0.765. The van der Waals surface area contributed by atoms with Gasteiger partial charge < -0.3 is 19.3 Å². The Balaban J connectivity index is 1.47. The highest BCUT2D eigenvalue weighted by Crippen LogP contribution is 2.17. The molecule has 1 amide bonds. The molecule has 24 heavy (non-hydrogen) atoms. The highest BCUT2D eigenvalue weighted by Gasteiger charge is 2.24. The first-order chi connectivity index (χ1) is 11.7.